The molecule has 0 aromatic carbocycles. The molecule has 0 fully saturated rings. The lowest BCUT2D eigenvalue weighted by Gasteiger charge is -2.41. The molecule has 29 heavy (non-hydrogen) atoms. The summed E-state index contributed by atoms with van der Waals surface area (Å²) in [4.78, 5) is 10.5. The van der Waals surface area contributed by atoms with Crippen molar-refractivity contribution in [3.8, 4) is 0 Å². The Morgan fingerprint density at radius 1 is 0.621 bits per heavy atom. The number of carbonyl (C=O) groups is 1. The van der Waals surface area contributed by atoms with Crippen molar-refractivity contribution >= 4 is 39.7 Å². The zero-order chi connectivity index (χ0) is 22.8. The average molecular weight is 481 g/mol. The third-order valence-corrected chi connectivity index (χ3v) is 17.9. The molecule has 0 bridgehead atoms. The summed E-state index contributed by atoms with van der Waals surface area (Å²) in [6.07, 6.45) is 9.35. The van der Waals surface area contributed by atoms with Gasteiger partial charge in [0.05, 0.1) is 0 Å². The fraction of sp³-hybridized carbons (Fsp3) is 0.950. The molecule has 0 aliphatic rings. The Morgan fingerprint density at radius 2 is 1.03 bits per heavy atom. The van der Waals surface area contributed by atoms with E-state index in [1.165, 1.54) is 25.7 Å². The molecule has 0 aliphatic carbocycles. The Bertz CT molecular complexity index is 474. The van der Waals surface area contributed by atoms with Gasteiger partial charge in [0.1, 0.15) is 0 Å². The first-order valence-electron chi connectivity index (χ1n) is 11.4. The summed E-state index contributed by atoms with van der Waals surface area (Å²) in [6, 6.07) is 1.04. The van der Waals surface area contributed by atoms with Gasteiger partial charge >= 0.3 is 23.1 Å². The Hall–Kier alpha value is 0.218. The number of rotatable bonds is 17. The first kappa shape index (κ1) is 29.2. The average Bonchev–Trinajstić information content (AvgIpc) is 2.43. The molecule has 0 rings (SSSR count). The number of carboxylic acid groups (broad SMARTS) is 1. The lowest BCUT2D eigenvalue weighted by atomic mass is 10.1. The molecule has 1 unspecified atom stereocenters. The molecule has 1 atom stereocenters. The molecule has 0 radical (unpaired) electrons. The van der Waals surface area contributed by atoms with Crippen LogP contribution in [-0.4, -0.2) is 44.8 Å². The van der Waals surface area contributed by atoms with Crippen molar-refractivity contribution in [2.45, 2.75) is 123 Å². The fourth-order valence-corrected chi connectivity index (χ4v) is 21.9. The lowest BCUT2D eigenvalue weighted by Crippen LogP contribution is -2.56. The van der Waals surface area contributed by atoms with E-state index in [0.29, 0.717) is 6.42 Å². The van der Waals surface area contributed by atoms with E-state index in [4.69, 9.17) is 17.5 Å². The van der Waals surface area contributed by atoms with E-state index in [9.17, 15) is 4.79 Å². The van der Waals surface area contributed by atoms with Crippen LogP contribution < -0.4 is 0 Å². The molecule has 0 aromatic heterocycles. The standard InChI is InChI=1S/C20H48O5Si4/c1-26(2,3)23-28(7,8)25-29(9,24-27(4,5)6)19-17-15-13-11-10-12-14-16-18-20(21)22/h10-19H2,1-9H3,(H,21,22). The number of carboxylic acids is 1. The van der Waals surface area contributed by atoms with Gasteiger partial charge in [-0.15, -0.1) is 0 Å². The molecule has 0 saturated heterocycles. The highest BCUT2D eigenvalue weighted by molar-refractivity contribution is 6.89. The fourth-order valence-electron chi connectivity index (χ4n) is 3.83. The van der Waals surface area contributed by atoms with Gasteiger partial charge in [0.2, 0.25) is 0 Å². The van der Waals surface area contributed by atoms with Gasteiger partial charge < -0.3 is 17.5 Å². The van der Waals surface area contributed by atoms with Crippen LogP contribution in [0.5, 0.6) is 0 Å². The third kappa shape index (κ3) is 18.7. The quantitative estimate of drug-likeness (QED) is 0.178. The summed E-state index contributed by atoms with van der Waals surface area (Å²) in [5.41, 5.74) is 0. The second kappa shape index (κ2) is 12.9. The number of aliphatic carboxylic acids is 1. The maximum absolute atomic E-state index is 10.5. The SMILES string of the molecule is C[Si](C)(C)O[Si](C)(C)O[Si](C)(CCCCCCCCCCC(=O)O)O[Si](C)(C)C. The van der Waals surface area contributed by atoms with E-state index >= 15 is 0 Å². The van der Waals surface area contributed by atoms with Gasteiger partial charge in [0, 0.05) is 6.42 Å². The van der Waals surface area contributed by atoms with Crippen LogP contribution in [-0.2, 0) is 17.1 Å². The molecule has 5 nitrogen and oxygen atoms in total. The van der Waals surface area contributed by atoms with Gasteiger partial charge in [-0.2, -0.15) is 0 Å². The van der Waals surface area contributed by atoms with Crippen LogP contribution >= 0.6 is 0 Å². The number of unbranched alkanes of at least 4 members (excludes halogenated alkanes) is 7. The Morgan fingerprint density at radius 3 is 1.45 bits per heavy atom. The molecule has 0 aromatic rings. The highest BCUT2D eigenvalue weighted by Gasteiger charge is 2.44. The lowest BCUT2D eigenvalue weighted by molar-refractivity contribution is -0.137. The van der Waals surface area contributed by atoms with Gasteiger partial charge in [-0.3, -0.25) is 4.79 Å². The van der Waals surface area contributed by atoms with Crippen molar-refractivity contribution in [2.24, 2.45) is 0 Å². The van der Waals surface area contributed by atoms with E-state index in [-0.39, 0.29) is 0 Å². The molecule has 9 heteroatoms. The van der Waals surface area contributed by atoms with Gasteiger partial charge in [-0.25, -0.2) is 0 Å². The molecular weight excluding hydrogens is 433 g/mol. The minimum atomic E-state index is -2.25. The monoisotopic (exact) mass is 480 g/mol. The topological polar surface area (TPSA) is 65.0 Å². The molecule has 0 amide bonds. The maximum atomic E-state index is 10.5. The van der Waals surface area contributed by atoms with Crippen molar-refractivity contribution in [1.82, 2.24) is 0 Å². The van der Waals surface area contributed by atoms with Crippen molar-refractivity contribution in [2.75, 3.05) is 0 Å². The van der Waals surface area contributed by atoms with Crippen LogP contribution in [0.2, 0.25) is 65.0 Å². The Kier molecular flexibility index (Phi) is 13.0. The molecular formula is C20H48O5Si4. The van der Waals surface area contributed by atoms with Gasteiger partial charge in [-0.05, 0) is 71.4 Å². The minimum Gasteiger partial charge on any atom is -0.481 e. The summed E-state index contributed by atoms with van der Waals surface area (Å²) in [5.74, 6) is -0.679. The van der Waals surface area contributed by atoms with Crippen molar-refractivity contribution < 1.29 is 22.2 Å². The van der Waals surface area contributed by atoms with E-state index in [1.807, 2.05) is 0 Å². The van der Waals surface area contributed by atoms with E-state index in [0.717, 1.165) is 31.7 Å². The molecule has 1 N–H and O–H groups in total. The van der Waals surface area contributed by atoms with Gasteiger partial charge in [0.15, 0.2) is 16.6 Å². The van der Waals surface area contributed by atoms with Crippen LogP contribution in [0.3, 0.4) is 0 Å². The molecule has 0 spiro atoms. The summed E-state index contributed by atoms with van der Waals surface area (Å²) in [5, 5.41) is 8.66. The zero-order valence-corrected chi connectivity index (χ0v) is 24.7. The second-order valence-corrected chi connectivity index (χ2v) is 27.3. The first-order chi connectivity index (χ1) is 13.0. The maximum Gasteiger partial charge on any atom is 0.315 e. The largest absolute Gasteiger partial charge is 0.481 e. The van der Waals surface area contributed by atoms with Crippen LogP contribution in [0.15, 0.2) is 0 Å². The van der Waals surface area contributed by atoms with Crippen LogP contribution in [0.25, 0.3) is 0 Å². The predicted molar refractivity (Wildman–Crippen MR) is 133 cm³/mol. The van der Waals surface area contributed by atoms with Gasteiger partial charge in [-0.1, -0.05) is 44.9 Å². The summed E-state index contributed by atoms with van der Waals surface area (Å²) in [7, 11) is -7.77. The van der Waals surface area contributed by atoms with Crippen LogP contribution in [0, 0.1) is 0 Å². The van der Waals surface area contributed by atoms with Crippen molar-refractivity contribution in [1.29, 1.82) is 0 Å². The Labute approximate surface area is 184 Å². The normalized spacial score (nSPS) is 15.3. The van der Waals surface area contributed by atoms with E-state index < -0.39 is 39.7 Å². The van der Waals surface area contributed by atoms with Crippen molar-refractivity contribution in [3.05, 3.63) is 0 Å². The third-order valence-electron chi connectivity index (χ3n) is 4.31. The van der Waals surface area contributed by atoms with Crippen LogP contribution in [0.4, 0.5) is 0 Å². The predicted octanol–water partition coefficient (Wildman–Crippen LogP) is 7.08. The van der Waals surface area contributed by atoms with Crippen LogP contribution in [0.1, 0.15) is 57.8 Å². The van der Waals surface area contributed by atoms with E-state index in [2.05, 4.69) is 58.9 Å². The molecule has 0 saturated carbocycles. The number of hydrogen-bond donors (Lipinski definition) is 1. The molecule has 174 valence electrons. The number of hydrogen-bond acceptors (Lipinski definition) is 4. The summed E-state index contributed by atoms with van der Waals surface area (Å²) >= 11 is 0. The smallest absolute Gasteiger partial charge is 0.315 e. The Balaban J connectivity index is 4.39. The molecule has 0 heterocycles. The first-order valence-corrected chi connectivity index (χ1v) is 23.5. The van der Waals surface area contributed by atoms with Gasteiger partial charge in [0.25, 0.3) is 0 Å². The van der Waals surface area contributed by atoms with Crippen molar-refractivity contribution in [3.63, 3.8) is 0 Å². The summed E-state index contributed by atoms with van der Waals surface area (Å²) < 4.78 is 19.8. The van der Waals surface area contributed by atoms with E-state index in [1.54, 1.807) is 0 Å². The molecule has 0 aliphatic heterocycles. The zero-order valence-electron chi connectivity index (χ0n) is 20.7. The highest BCUT2D eigenvalue weighted by atomic mass is 28.5. The summed E-state index contributed by atoms with van der Waals surface area (Å²) in [6.45, 7) is 20.0. The second-order valence-electron chi connectivity index (χ2n) is 10.8. The highest BCUT2D eigenvalue weighted by Crippen LogP contribution is 2.28. The minimum absolute atomic E-state index is 0.307.